The Kier molecular flexibility index (Phi) is 3.58. The third kappa shape index (κ3) is 2.49. The summed E-state index contributed by atoms with van der Waals surface area (Å²) in [4.78, 5) is 0. The molecular formula is C16H21FO. The smallest absolute Gasteiger partial charge is 0.123 e. The molecule has 1 aliphatic rings. The van der Waals surface area contributed by atoms with Crippen molar-refractivity contribution in [2.75, 3.05) is 0 Å². The average molecular weight is 248 g/mol. The van der Waals surface area contributed by atoms with Crippen LogP contribution in [0.4, 0.5) is 4.39 Å². The number of halogens is 1. The fourth-order valence-corrected chi connectivity index (χ4v) is 3.06. The van der Waals surface area contributed by atoms with Crippen molar-refractivity contribution in [1.82, 2.24) is 0 Å². The van der Waals surface area contributed by atoms with E-state index in [0.717, 1.165) is 24.0 Å². The Bertz CT molecular complexity index is 456. The van der Waals surface area contributed by atoms with Crippen molar-refractivity contribution in [2.24, 2.45) is 5.41 Å². The van der Waals surface area contributed by atoms with E-state index in [1.54, 1.807) is 12.1 Å². The third-order valence-electron chi connectivity index (χ3n) is 4.00. The Morgan fingerprint density at radius 3 is 2.39 bits per heavy atom. The van der Waals surface area contributed by atoms with E-state index < -0.39 is 6.10 Å². The quantitative estimate of drug-likeness (QED) is 0.770. The molecule has 1 unspecified atom stereocenters. The van der Waals surface area contributed by atoms with Gasteiger partial charge in [-0.1, -0.05) is 31.6 Å². The second-order valence-corrected chi connectivity index (χ2v) is 5.89. The van der Waals surface area contributed by atoms with Gasteiger partial charge in [0.05, 0.1) is 0 Å². The van der Waals surface area contributed by atoms with Crippen LogP contribution in [0.15, 0.2) is 35.4 Å². The van der Waals surface area contributed by atoms with Crippen LogP contribution in [0.25, 0.3) is 0 Å². The van der Waals surface area contributed by atoms with Gasteiger partial charge in [0, 0.05) is 0 Å². The molecule has 1 aliphatic carbocycles. The van der Waals surface area contributed by atoms with E-state index in [2.05, 4.69) is 20.8 Å². The molecule has 0 aliphatic heterocycles. The second kappa shape index (κ2) is 4.85. The second-order valence-electron chi connectivity index (χ2n) is 5.89. The summed E-state index contributed by atoms with van der Waals surface area (Å²) in [7, 11) is 0. The van der Waals surface area contributed by atoms with Crippen molar-refractivity contribution < 1.29 is 9.50 Å². The molecule has 0 heterocycles. The van der Waals surface area contributed by atoms with E-state index in [1.165, 1.54) is 24.1 Å². The summed E-state index contributed by atoms with van der Waals surface area (Å²) in [6.07, 6.45) is 2.72. The number of rotatable bonds is 2. The topological polar surface area (TPSA) is 20.2 Å². The highest BCUT2D eigenvalue weighted by Gasteiger charge is 2.33. The average Bonchev–Trinajstić information content (AvgIpc) is 2.28. The highest BCUT2D eigenvalue weighted by atomic mass is 19.1. The zero-order valence-corrected chi connectivity index (χ0v) is 11.3. The largest absolute Gasteiger partial charge is 0.384 e. The summed E-state index contributed by atoms with van der Waals surface area (Å²) < 4.78 is 12.9. The third-order valence-corrected chi connectivity index (χ3v) is 4.00. The van der Waals surface area contributed by atoms with Gasteiger partial charge in [0.2, 0.25) is 0 Å². The lowest BCUT2D eigenvalue weighted by Gasteiger charge is -2.37. The molecule has 0 fully saturated rings. The molecule has 1 N–H and O–H groups in total. The summed E-state index contributed by atoms with van der Waals surface area (Å²) in [5, 5.41) is 10.6. The Morgan fingerprint density at radius 1 is 1.22 bits per heavy atom. The van der Waals surface area contributed by atoms with Gasteiger partial charge in [-0.3, -0.25) is 0 Å². The van der Waals surface area contributed by atoms with E-state index in [4.69, 9.17) is 0 Å². The molecule has 0 saturated carbocycles. The number of aliphatic hydroxyl groups excluding tert-OH is 1. The van der Waals surface area contributed by atoms with E-state index in [-0.39, 0.29) is 11.2 Å². The van der Waals surface area contributed by atoms with Gasteiger partial charge in [0.15, 0.2) is 0 Å². The lowest BCUT2D eigenvalue weighted by molar-refractivity contribution is 0.171. The van der Waals surface area contributed by atoms with Crippen LogP contribution in [-0.2, 0) is 0 Å². The highest BCUT2D eigenvalue weighted by Crippen LogP contribution is 2.45. The van der Waals surface area contributed by atoms with Gasteiger partial charge in [-0.25, -0.2) is 4.39 Å². The van der Waals surface area contributed by atoms with Crippen molar-refractivity contribution in [2.45, 2.75) is 46.1 Å². The van der Waals surface area contributed by atoms with Gasteiger partial charge in [0.25, 0.3) is 0 Å². The lowest BCUT2D eigenvalue weighted by atomic mass is 9.70. The summed E-state index contributed by atoms with van der Waals surface area (Å²) >= 11 is 0. The summed E-state index contributed by atoms with van der Waals surface area (Å²) in [5.74, 6) is -0.264. The molecular weight excluding hydrogens is 227 g/mol. The van der Waals surface area contributed by atoms with E-state index in [1.807, 2.05) is 0 Å². The number of aliphatic hydroxyl groups is 1. The predicted octanol–water partition coefficient (Wildman–Crippen LogP) is 4.39. The molecule has 0 bridgehead atoms. The van der Waals surface area contributed by atoms with Crippen molar-refractivity contribution in [3.05, 3.63) is 46.8 Å². The van der Waals surface area contributed by atoms with Gasteiger partial charge in [-0.2, -0.15) is 0 Å². The molecule has 0 radical (unpaired) electrons. The SMILES string of the molecule is CC1=C(C(O)c2ccc(F)cc2)C(C)(C)CCC1. The number of hydrogen-bond donors (Lipinski definition) is 1. The molecule has 98 valence electrons. The molecule has 2 heteroatoms. The molecule has 1 nitrogen and oxygen atoms in total. The first-order chi connectivity index (χ1) is 8.42. The van der Waals surface area contributed by atoms with Crippen LogP contribution >= 0.6 is 0 Å². The minimum Gasteiger partial charge on any atom is -0.384 e. The standard InChI is InChI=1S/C16H21FO/c1-11-5-4-10-16(2,3)14(11)15(18)12-6-8-13(17)9-7-12/h6-9,15,18H,4-5,10H2,1-3H3. The summed E-state index contributed by atoms with van der Waals surface area (Å²) in [5.41, 5.74) is 3.19. The molecule has 0 amide bonds. The van der Waals surface area contributed by atoms with Gasteiger partial charge < -0.3 is 5.11 Å². The van der Waals surface area contributed by atoms with Gasteiger partial charge in [0.1, 0.15) is 11.9 Å². The highest BCUT2D eigenvalue weighted by molar-refractivity contribution is 5.33. The molecule has 1 atom stereocenters. The van der Waals surface area contributed by atoms with Crippen molar-refractivity contribution in [1.29, 1.82) is 0 Å². The maximum absolute atomic E-state index is 12.9. The van der Waals surface area contributed by atoms with E-state index in [0.29, 0.717) is 0 Å². The zero-order chi connectivity index (χ0) is 13.3. The molecule has 0 saturated heterocycles. The first kappa shape index (κ1) is 13.3. The summed E-state index contributed by atoms with van der Waals surface area (Å²) in [6.45, 7) is 6.46. The number of benzene rings is 1. The maximum Gasteiger partial charge on any atom is 0.123 e. The first-order valence-electron chi connectivity index (χ1n) is 6.55. The monoisotopic (exact) mass is 248 g/mol. The molecule has 0 aromatic heterocycles. The normalized spacial score (nSPS) is 20.9. The Labute approximate surface area is 108 Å². The van der Waals surface area contributed by atoms with Crippen LogP contribution in [0.2, 0.25) is 0 Å². The predicted molar refractivity (Wildman–Crippen MR) is 71.7 cm³/mol. The van der Waals surface area contributed by atoms with Crippen LogP contribution in [0.3, 0.4) is 0 Å². The van der Waals surface area contributed by atoms with Crippen molar-refractivity contribution >= 4 is 0 Å². The maximum atomic E-state index is 12.9. The molecule has 18 heavy (non-hydrogen) atoms. The van der Waals surface area contributed by atoms with E-state index in [9.17, 15) is 9.50 Å². The van der Waals surface area contributed by atoms with E-state index >= 15 is 0 Å². The minimum absolute atomic E-state index is 0.0239. The molecule has 1 aromatic rings. The van der Waals surface area contributed by atoms with Gasteiger partial charge in [-0.05, 0) is 54.9 Å². The lowest BCUT2D eigenvalue weighted by Crippen LogP contribution is -2.25. The zero-order valence-electron chi connectivity index (χ0n) is 11.3. The van der Waals surface area contributed by atoms with Crippen LogP contribution in [0.1, 0.15) is 51.7 Å². The fraction of sp³-hybridized carbons (Fsp3) is 0.500. The first-order valence-corrected chi connectivity index (χ1v) is 6.55. The van der Waals surface area contributed by atoms with Crippen molar-refractivity contribution in [3.8, 4) is 0 Å². The minimum atomic E-state index is -0.610. The Morgan fingerprint density at radius 2 is 1.83 bits per heavy atom. The Balaban J connectivity index is 2.37. The van der Waals surface area contributed by atoms with Crippen molar-refractivity contribution in [3.63, 3.8) is 0 Å². The number of hydrogen-bond acceptors (Lipinski definition) is 1. The Hall–Kier alpha value is -1.15. The fourth-order valence-electron chi connectivity index (χ4n) is 3.06. The van der Waals surface area contributed by atoms with Crippen LogP contribution in [0, 0.1) is 11.2 Å². The van der Waals surface area contributed by atoms with Gasteiger partial charge in [-0.15, -0.1) is 0 Å². The summed E-state index contributed by atoms with van der Waals surface area (Å²) in [6, 6.07) is 6.16. The van der Waals surface area contributed by atoms with Crippen LogP contribution in [0.5, 0.6) is 0 Å². The van der Waals surface area contributed by atoms with Gasteiger partial charge >= 0.3 is 0 Å². The molecule has 0 spiro atoms. The molecule has 2 rings (SSSR count). The van der Waals surface area contributed by atoms with Crippen LogP contribution in [-0.4, -0.2) is 5.11 Å². The number of allylic oxidation sites excluding steroid dienone is 1. The van der Waals surface area contributed by atoms with Crippen LogP contribution < -0.4 is 0 Å². The molecule has 1 aromatic carbocycles.